The second-order valence-corrected chi connectivity index (χ2v) is 7.62. The van der Waals surface area contributed by atoms with E-state index in [1.807, 2.05) is 6.92 Å². The number of carbonyl (C=O) groups excluding carboxylic acids is 2. The largest absolute Gasteiger partial charge is 0.494 e. The van der Waals surface area contributed by atoms with Gasteiger partial charge in [-0.15, -0.1) is 11.3 Å². The Morgan fingerprint density at radius 1 is 1.10 bits per heavy atom. The molecule has 0 unspecified atom stereocenters. The molecule has 9 heteroatoms. The predicted octanol–water partition coefficient (Wildman–Crippen LogP) is 4.85. The molecule has 0 saturated carbocycles. The minimum atomic E-state index is -0.959. The lowest BCUT2D eigenvalue weighted by Crippen LogP contribution is -2.30. The van der Waals surface area contributed by atoms with Gasteiger partial charge in [0, 0.05) is 18.2 Å². The van der Waals surface area contributed by atoms with Gasteiger partial charge in [-0.1, -0.05) is 6.07 Å². The number of nitrogens with zero attached hydrogens (tertiary/aromatic N) is 2. The van der Waals surface area contributed by atoms with Crippen LogP contribution in [0.15, 0.2) is 36.4 Å². The van der Waals surface area contributed by atoms with Crippen LogP contribution in [-0.2, 0) is 20.9 Å². The molecule has 2 aromatic carbocycles. The lowest BCUT2D eigenvalue weighted by molar-refractivity contribution is -0.144. The van der Waals surface area contributed by atoms with Gasteiger partial charge in [-0.25, -0.2) is 13.8 Å². The van der Waals surface area contributed by atoms with E-state index in [1.165, 1.54) is 11.0 Å². The van der Waals surface area contributed by atoms with Gasteiger partial charge in [0.25, 0.3) is 0 Å². The molecule has 1 heterocycles. The third kappa shape index (κ3) is 5.55. The standard InChI is InChI=1S/C22H22F2N2O4S/c1-3-29-15-7-5-6-14(12-15)26(19(27)10-11-20(28)30-4-2)13-18-25-17-9-8-16(23)21(24)22(17)31-18/h5-9,12H,3-4,10-11,13H2,1-2H3. The predicted molar refractivity (Wildman–Crippen MR) is 114 cm³/mol. The summed E-state index contributed by atoms with van der Waals surface area (Å²) in [6, 6.07) is 9.38. The van der Waals surface area contributed by atoms with Crippen molar-refractivity contribution in [2.45, 2.75) is 33.2 Å². The maximum atomic E-state index is 14.1. The van der Waals surface area contributed by atoms with E-state index >= 15 is 0 Å². The van der Waals surface area contributed by atoms with Crippen molar-refractivity contribution in [1.29, 1.82) is 0 Å². The number of hydrogen-bond acceptors (Lipinski definition) is 6. The molecule has 0 spiro atoms. The highest BCUT2D eigenvalue weighted by atomic mass is 32.1. The number of thiazole rings is 1. The number of amides is 1. The molecule has 31 heavy (non-hydrogen) atoms. The number of ether oxygens (including phenoxy) is 2. The molecule has 0 bridgehead atoms. The van der Waals surface area contributed by atoms with Crippen LogP contribution >= 0.6 is 11.3 Å². The first-order valence-corrected chi connectivity index (χ1v) is 10.7. The monoisotopic (exact) mass is 448 g/mol. The van der Waals surface area contributed by atoms with Crippen molar-refractivity contribution in [3.63, 3.8) is 0 Å². The Morgan fingerprint density at radius 2 is 1.90 bits per heavy atom. The van der Waals surface area contributed by atoms with Gasteiger partial charge in [-0.3, -0.25) is 9.59 Å². The van der Waals surface area contributed by atoms with Crippen LogP contribution in [0.5, 0.6) is 5.75 Å². The van der Waals surface area contributed by atoms with Gasteiger partial charge in [0.15, 0.2) is 11.6 Å². The van der Waals surface area contributed by atoms with Crippen molar-refractivity contribution >= 4 is 39.1 Å². The quantitative estimate of drug-likeness (QED) is 0.438. The Bertz CT molecular complexity index is 1090. The first-order chi connectivity index (χ1) is 14.9. The molecule has 6 nitrogen and oxygen atoms in total. The molecule has 1 aromatic heterocycles. The number of aromatic nitrogens is 1. The fraction of sp³-hybridized carbons (Fsp3) is 0.318. The van der Waals surface area contributed by atoms with Crippen molar-refractivity contribution in [1.82, 2.24) is 4.98 Å². The summed E-state index contributed by atoms with van der Waals surface area (Å²) in [7, 11) is 0. The van der Waals surface area contributed by atoms with E-state index in [2.05, 4.69) is 4.98 Å². The summed E-state index contributed by atoms with van der Waals surface area (Å²) in [5.74, 6) is -2.11. The van der Waals surface area contributed by atoms with Crippen molar-refractivity contribution in [2.24, 2.45) is 0 Å². The normalized spacial score (nSPS) is 10.8. The summed E-state index contributed by atoms with van der Waals surface area (Å²) >= 11 is 0.983. The average molecular weight is 448 g/mol. The third-order valence-electron chi connectivity index (χ3n) is 4.38. The Balaban J connectivity index is 1.90. The molecule has 0 fully saturated rings. The first kappa shape index (κ1) is 22.6. The van der Waals surface area contributed by atoms with Crippen molar-refractivity contribution < 1.29 is 27.8 Å². The number of esters is 1. The number of benzene rings is 2. The highest BCUT2D eigenvalue weighted by molar-refractivity contribution is 7.18. The number of rotatable bonds is 9. The van der Waals surface area contributed by atoms with Gasteiger partial charge in [0.1, 0.15) is 10.8 Å². The van der Waals surface area contributed by atoms with Crippen LogP contribution in [0, 0.1) is 11.6 Å². The van der Waals surface area contributed by atoms with Crippen molar-refractivity contribution in [3.05, 3.63) is 53.0 Å². The molecule has 0 aliphatic heterocycles. The Morgan fingerprint density at radius 3 is 2.65 bits per heavy atom. The maximum absolute atomic E-state index is 14.1. The zero-order valence-electron chi connectivity index (χ0n) is 17.2. The summed E-state index contributed by atoms with van der Waals surface area (Å²) in [4.78, 5) is 30.5. The van der Waals surface area contributed by atoms with Crippen LogP contribution in [0.3, 0.4) is 0 Å². The summed E-state index contributed by atoms with van der Waals surface area (Å²) in [5, 5.41) is 0.436. The number of carbonyl (C=O) groups is 2. The van der Waals surface area contributed by atoms with E-state index in [-0.39, 0.29) is 36.6 Å². The zero-order chi connectivity index (χ0) is 22.4. The molecular formula is C22H22F2N2O4S. The van der Waals surface area contributed by atoms with Gasteiger partial charge in [-0.05, 0) is 38.1 Å². The van der Waals surface area contributed by atoms with Crippen LogP contribution in [0.4, 0.5) is 14.5 Å². The fourth-order valence-corrected chi connectivity index (χ4v) is 3.97. The number of halogens is 2. The Kier molecular flexibility index (Phi) is 7.51. The van der Waals surface area contributed by atoms with Crippen LogP contribution in [-0.4, -0.2) is 30.1 Å². The molecule has 0 radical (unpaired) electrons. The molecule has 0 aliphatic rings. The molecule has 1 amide bonds. The third-order valence-corrected chi connectivity index (χ3v) is 5.43. The second-order valence-electron chi connectivity index (χ2n) is 6.53. The molecule has 3 rings (SSSR count). The van der Waals surface area contributed by atoms with E-state index in [1.54, 1.807) is 31.2 Å². The smallest absolute Gasteiger partial charge is 0.306 e. The van der Waals surface area contributed by atoms with Crippen molar-refractivity contribution in [2.75, 3.05) is 18.1 Å². The van der Waals surface area contributed by atoms with Crippen LogP contribution in [0.1, 0.15) is 31.7 Å². The van der Waals surface area contributed by atoms with Gasteiger partial charge in [-0.2, -0.15) is 0 Å². The second kappa shape index (κ2) is 10.3. The molecule has 0 saturated heterocycles. The minimum Gasteiger partial charge on any atom is -0.494 e. The number of anilines is 1. The molecular weight excluding hydrogens is 426 g/mol. The number of fused-ring (bicyclic) bond motifs is 1. The van der Waals surface area contributed by atoms with Gasteiger partial charge in [0.2, 0.25) is 5.91 Å². The lowest BCUT2D eigenvalue weighted by Gasteiger charge is -2.22. The highest BCUT2D eigenvalue weighted by Gasteiger charge is 2.21. The summed E-state index contributed by atoms with van der Waals surface area (Å²) in [5.41, 5.74) is 0.867. The summed E-state index contributed by atoms with van der Waals surface area (Å²) < 4.78 is 38.2. The molecule has 0 N–H and O–H groups in total. The van der Waals surface area contributed by atoms with Crippen LogP contribution < -0.4 is 9.64 Å². The summed E-state index contributed by atoms with van der Waals surface area (Å²) in [6.45, 7) is 4.28. The average Bonchev–Trinajstić information content (AvgIpc) is 3.17. The van der Waals surface area contributed by atoms with E-state index < -0.39 is 17.6 Å². The molecule has 0 aliphatic carbocycles. The van der Waals surface area contributed by atoms with E-state index in [9.17, 15) is 18.4 Å². The number of hydrogen-bond donors (Lipinski definition) is 0. The molecule has 0 atom stereocenters. The van der Waals surface area contributed by atoms with E-state index in [4.69, 9.17) is 9.47 Å². The topological polar surface area (TPSA) is 68.7 Å². The Labute approximate surface area is 182 Å². The lowest BCUT2D eigenvalue weighted by atomic mass is 10.2. The van der Waals surface area contributed by atoms with Gasteiger partial charge >= 0.3 is 5.97 Å². The van der Waals surface area contributed by atoms with Gasteiger partial charge < -0.3 is 14.4 Å². The molecule has 3 aromatic rings. The molecule has 164 valence electrons. The highest BCUT2D eigenvalue weighted by Crippen LogP contribution is 2.30. The van der Waals surface area contributed by atoms with Crippen molar-refractivity contribution in [3.8, 4) is 5.75 Å². The van der Waals surface area contributed by atoms with E-state index in [0.717, 1.165) is 17.4 Å². The van der Waals surface area contributed by atoms with Crippen LogP contribution in [0.25, 0.3) is 10.2 Å². The SMILES string of the molecule is CCOC(=O)CCC(=O)N(Cc1nc2ccc(F)c(F)c2s1)c1cccc(OCC)c1. The van der Waals surface area contributed by atoms with Crippen LogP contribution in [0.2, 0.25) is 0 Å². The minimum absolute atomic E-state index is 0.0393. The zero-order valence-corrected chi connectivity index (χ0v) is 18.0. The maximum Gasteiger partial charge on any atom is 0.306 e. The fourth-order valence-electron chi connectivity index (χ4n) is 2.99. The first-order valence-electron chi connectivity index (χ1n) is 9.85. The summed E-state index contributed by atoms with van der Waals surface area (Å²) in [6.07, 6.45) is -0.125. The Hall–Kier alpha value is -3.07. The van der Waals surface area contributed by atoms with E-state index in [0.29, 0.717) is 28.6 Å². The van der Waals surface area contributed by atoms with Gasteiger partial charge in [0.05, 0.1) is 36.4 Å².